The van der Waals surface area contributed by atoms with Crippen LogP contribution >= 0.6 is 11.6 Å². The van der Waals surface area contributed by atoms with Crippen LogP contribution in [0.25, 0.3) is 0 Å². The molecule has 4 nitrogen and oxygen atoms in total. The van der Waals surface area contributed by atoms with Gasteiger partial charge in [-0.1, -0.05) is 11.6 Å². The molecule has 2 aromatic carbocycles. The first-order chi connectivity index (χ1) is 9.51. The van der Waals surface area contributed by atoms with Crippen molar-refractivity contribution in [3.63, 3.8) is 0 Å². The summed E-state index contributed by atoms with van der Waals surface area (Å²) in [5.41, 5.74) is 4.63. The summed E-state index contributed by atoms with van der Waals surface area (Å²) in [4.78, 5) is 12.2. The molecule has 2 aromatic rings. The molecule has 0 unspecified atom stereocenters. The molecule has 0 bridgehead atoms. The first-order valence-electron chi connectivity index (χ1n) is 5.85. The molecule has 0 spiro atoms. The molecule has 0 aliphatic rings. The summed E-state index contributed by atoms with van der Waals surface area (Å²) in [5.74, 6) is 4.46. The number of nitrogen functional groups attached to an aromatic ring is 1. The molecule has 1 amide bonds. The predicted molar refractivity (Wildman–Crippen MR) is 78.4 cm³/mol. The van der Waals surface area contributed by atoms with Gasteiger partial charge in [-0.3, -0.25) is 10.6 Å². The fourth-order valence-corrected chi connectivity index (χ4v) is 1.96. The maximum absolute atomic E-state index is 13.1. The fourth-order valence-electron chi connectivity index (χ4n) is 1.79. The Morgan fingerprint density at radius 1 is 1.25 bits per heavy atom. The fraction of sp³-hybridized carbons (Fsp3) is 0.0714. The van der Waals surface area contributed by atoms with E-state index in [4.69, 9.17) is 17.4 Å². The second kappa shape index (κ2) is 5.90. The van der Waals surface area contributed by atoms with E-state index in [1.807, 2.05) is 0 Å². The van der Waals surface area contributed by atoms with Crippen molar-refractivity contribution in [1.82, 2.24) is 0 Å². The Bertz CT molecular complexity index is 661. The third-order valence-corrected chi connectivity index (χ3v) is 3.14. The minimum Gasteiger partial charge on any atom is -0.324 e. The van der Waals surface area contributed by atoms with Gasteiger partial charge in [-0.25, -0.2) is 4.39 Å². The van der Waals surface area contributed by atoms with E-state index in [-0.39, 0.29) is 16.6 Å². The molecule has 0 radical (unpaired) electrons. The van der Waals surface area contributed by atoms with Gasteiger partial charge in [-0.15, -0.1) is 0 Å². The van der Waals surface area contributed by atoms with E-state index in [1.54, 1.807) is 25.1 Å². The number of nitrogens with two attached hydrogens (primary N) is 1. The Morgan fingerprint density at radius 2 is 2.00 bits per heavy atom. The SMILES string of the molecule is Cc1cc(NN)ccc1C(=O)Nc1cc(F)ccc1Cl. The maximum atomic E-state index is 13.1. The van der Waals surface area contributed by atoms with Crippen molar-refractivity contribution in [2.75, 3.05) is 10.7 Å². The average molecular weight is 294 g/mol. The third kappa shape index (κ3) is 3.07. The smallest absolute Gasteiger partial charge is 0.255 e. The minimum atomic E-state index is -0.468. The number of hydrazine groups is 1. The molecule has 0 saturated heterocycles. The summed E-state index contributed by atoms with van der Waals surface area (Å²) in [6.07, 6.45) is 0. The highest BCUT2D eigenvalue weighted by Crippen LogP contribution is 2.24. The summed E-state index contributed by atoms with van der Waals surface area (Å²) in [6.45, 7) is 1.78. The summed E-state index contributed by atoms with van der Waals surface area (Å²) < 4.78 is 13.1. The number of hydrogen-bond acceptors (Lipinski definition) is 3. The highest BCUT2D eigenvalue weighted by atomic mass is 35.5. The van der Waals surface area contributed by atoms with E-state index < -0.39 is 5.82 Å². The second-order valence-corrected chi connectivity index (χ2v) is 4.66. The lowest BCUT2D eigenvalue weighted by Crippen LogP contribution is -2.14. The van der Waals surface area contributed by atoms with Crippen LogP contribution in [-0.2, 0) is 0 Å². The standard InChI is InChI=1S/C14H13ClFN3O/c1-8-6-10(19-17)3-4-11(8)14(20)18-13-7-9(16)2-5-12(13)15/h2-7,19H,17H2,1H3,(H,18,20). The lowest BCUT2D eigenvalue weighted by molar-refractivity contribution is 0.102. The first kappa shape index (κ1) is 14.3. The number of carbonyl (C=O) groups excluding carboxylic acids is 1. The van der Waals surface area contributed by atoms with E-state index in [0.29, 0.717) is 11.3 Å². The highest BCUT2D eigenvalue weighted by Gasteiger charge is 2.12. The second-order valence-electron chi connectivity index (χ2n) is 4.25. The number of anilines is 2. The molecule has 4 N–H and O–H groups in total. The number of halogens is 2. The topological polar surface area (TPSA) is 67.1 Å². The van der Waals surface area contributed by atoms with Crippen LogP contribution < -0.4 is 16.6 Å². The Balaban J connectivity index is 2.26. The number of amides is 1. The van der Waals surface area contributed by atoms with Crippen molar-refractivity contribution in [1.29, 1.82) is 0 Å². The number of benzene rings is 2. The number of carbonyl (C=O) groups is 1. The van der Waals surface area contributed by atoms with Crippen LogP contribution in [0.15, 0.2) is 36.4 Å². The molecule has 0 aliphatic heterocycles. The molecule has 104 valence electrons. The van der Waals surface area contributed by atoms with Gasteiger partial charge in [0.25, 0.3) is 5.91 Å². The van der Waals surface area contributed by atoms with E-state index >= 15 is 0 Å². The normalized spacial score (nSPS) is 10.2. The number of nitrogens with one attached hydrogen (secondary N) is 2. The van der Waals surface area contributed by atoms with E-state index in [1.165, 1.54) is 18.2 Å². The predicted octanol–water partition coefficient (Wildman–Crippen LogP) is 3.33. The van der Waals surface area contributed by atoms with Crippen LogP contribution in [0.1, 0.15) is 15.9 Å². The summed E-state index contributed by atoms with van der Waals surface area (Å²) in [7, 11) is 0. The molecule has 0 saturated carbocycles. The van der Waals surface area contributed by atoms with E-state index in [0.717, 1.165) is 5.56 Å². The largest absolute Gasteiger partial charge is 0.324 e. The van der Waals surface area contributed by atoms with Crippen LogP contribution in [-0.4, -0.2) is 5.91 Å². The zero-order chi connectivity index (χ0) is 14.7. The average Bonchev–Trinajstić information content (AvgIpc) is 2.42. The molecule has 0 heterocycles. The van der Waals surface area contributed by atoms with Gasteiger partial charge in [0.1, 0.15) is 5.82 Å². The molecular weight excluding hydrogens is 281 g/mol. The number of hydrogen-bond donors (Lipinski definition) is 3. The molecule has 0 aromatic heterocycles. The van der Waals surface area contributed by atoms with Crippen molar-refractivity contribution in [3.05, 3.63) is 58.4 Å². The summed E-state index contributed by atoms with van der Waals surface area (Å²) in [6, 6.07) is 8.83. The molecule has 20 heavy (non-hydrogen) atoms. The quantitative estimate of drug-likeness (QED) is 0.601. The Hall–Kier alpha value is -2.11. The first-order valence-corrected chi connectivity index (χ1v) is 6.22. The number of rotatable bonds is 3. The Labute approximate surface area is 120 Å². The van der Waals surface area contributed by atoms with Crippen LogP contribution in [0.5, 0.6) is 0 Å². The molecule has 2 rings (SSSR count). The van der Waals surface area contributed by atoms with Crippen molar-refractivity contribution in [3.8, 4) is 0 Å². The van der Waals surface area contributed by atoms with Crippen molar-refractivity contribution >= 4 is 28.9 Å². The van der Waals surface area contributed by atoms with Crippen LogP contribution in [0, 0.1) is 12.7 Å². The third-order valence-electron chi connectivity index (χ3n) is 2.81. The van der Waals surface area contributed by atoms with E-state index in [9.17, 15) is 9.18 Å². The van der Waals surface area contributed by atoms with Gasteiger partial charge in [0, 0.05) is 11.3 Å². The lowest BCUT2D eigenvalue weighted by Gasteiger charge is -2.10. The van der Waals surface area contributed by atoms with Gasteiger partial charge in [-0.05, 0) is 48.9 Å². The zero-order valence-corrected chi connectivity index (χ0v) is 11.5. The molecule has 6 heteroatoms. The van der Waals surface area contributed by atoms with Gasteiger partial charge in [-0.2, -0.15) is 0 Å². The van der Waals surface area contributed by atoms with Gasteiger partial charge >= 0.3 is 0 Å². The molecule has 0 fully saturated rings. The van der Waals surface area contributed by atoms with Gasteiger partial charge in [0.05, 0.1) is 10.7 Å². The highest BCUT2D eigenvalue weighted by molar-refractivity contribution is 6.33. The molecule has 0 aliphatic carbocycles. The Kier molecular flexibility index (Phi) is 4.22. The Morgan fingerprint density at radius 3 is 2.65 bits per heavy atom. The lowest BCUT2D eigenvalue weighted by atomic mass is 10.1. The van der Waals surface area contributed by atoms with Crippen molar-refractivity contribution in [2.24, 2.45) is 5.84 Å². The van der Waals surface area contributed by atoms with Crippen LogP contribution in [0.4, 0.5) is 15.8 Å². The summed E-state index contributed by atoms with van der Waals surface area (Å²) >= 11 is 5.91. The van der Waals surface area contributed by atoms with Crippen LogP contribution in [0.3, 0.4) is 0 Å². The van der Waals surface area contributed by atoms with Crippen molar-refractivity contribution in [2.45, 2.75) is 6.92 Å². The summed E-state index contributed by atoms with van der Waals surface area (Å²) in [5, 5.41) is 2.86. The van der Waals surface area contributed by atoms with Gasteiger partial charge < -0.3 is 10.7 Å². The van der Waals surface area contributed by atoms with Crippen molar-refractivity contribution < 1.29 is 9.18 Å². The van der Waals surface area contributed by atoms with Gasteiger partial charge in [0.2, 0.25) is 0 Å². The number of aryl methyl sites for hydroxylation is 1. The zero-order valence-electron chi connectivity index (χ0n) is 10.7. The van der Waals surface area contributed by atoms with Crippen LogP contribution in [0.2, 0.25) is 5.02 Å². The minimum absolute atomic E-state index is 0.233. The van der Waals surface area contributed by atoms with E-state index in [2.05, 4.69) is 10.7 Å². The van der Waals surface area contributed by atoms with Gasteiger partial charge in [0.15, 0.2) is 0 Å². The molecule has 0 atom stereocenters. The monoisotopic (exact) mass is 293 g/mol. The maximum Gasteiger partial charge on any atom is 0.255 e. The molecular formula is C14H13ClFN3O.